The van der Waals surface area contributed by atoms with E-state index in [0.29, 0.717) is 32.2 Å². The number of amides is 2. The van der Waals surface area contributed by atoms with Gasteiger partial charge in [0.05, 0.1) is 18.6 Å². The summed E-state index contributed by atoms with van der Waals surface area (Å²) in [5.74, 6) is -2.84. The summed E-state index contributed by atoms with van der Waals surface area (Å²) in [6, 6.07) is 7.35. The molecule has 0 aliphatic carbocycles. The lowest BCUT2D eigenvalue weighted by Crippen LogP contribution is -2.50. The number of esters is 1. The molecule has 0 radical (unpaired) electrons. The van der Waals surface area contributed by atoms with Crippen LogP contribution in [0.4, 0.5) is 0 Å². The summed E-state index contributed by atoms with van der Waals surface area (Å²) in [5, 5.41) is 14.4. The average Bonchev–Trinajstić information content (AvgIpc) is 3.36. The second-order valence-corrected chi connectivity index (χ2v) is 10.0. The fourth-order valence-electron chi connectivity index (χ4n) is 4.16. The number of hydrogen-bond acceptors (Lipinski definition) is 8. The zero-order valence-electron chi connectivity index (χ0n) is 21.6. The molecule has 1 aromatic carbocycles. The topological polar surface area (TPSA) is 142 Å². The molecule has 3 N–H and O–H groups in total. The number of ether oxygens (including phenoxy) is 1. The van der Waals surface area contributed by atoms with Gasteiger partial charge in [0, 0.05) is 25.8 Å². The Labute approximate surface area is 221 Å². The minimum Gasteiger partial charge on any atom is -0.480 e. The largest absolute Gasteiger partial charge is 0.480 e. The molecule has 0 saturated carbocycles. The van der Waals surface area contributed by atoms with Gasteiger partial charge in [-0.2, -0.15) is 0 Å². The SMILES string of the molecule is CCOC(=O)[C@H](CCc1ccccc1)CN[C@@H](C)C(=O)N1CCC[C@@H]1C(=O)SCC(NC(C)=O)C(=O)O. The molecule has 1 saturated heterocycles. The van der Waals surface area contributed by atoms with Crippen molar-refractivity contribution in [3.05, 3.63) is 35.9 Å². The lowest BCUT2D eigenvalue weighted by molar-refractivity contribution is -0.148. The number of likely N-dealkylation sites (tertiary alicyclic amines) is 1. The number of thioether (sulfide) groups is 1. The zero-order chi connectivity index (χ0) is 27.4. The molecule has 2 rings (SSSR count). The van der Waals surface area contributed by atoms with Crippen LogP contribution in [0.2, 0.25) is 0 Å². The van der Waals surface area contributed by atoms with E-state index in [2.05, 4.69) is 10.6 Å². The maximum atomic E-state index is 13.2. The van der Waals surface area contributed by atoms with Gasteiger partial charge in [-0.25, -0.2) is 4.79 Å². The number of aryl methyl sites for hydroxylation is 1. The Balaban J connectivity index is 1.94. The maximum absolute atomic E-state index is 13.2. The Hall–Kier alpha value is -2.92. The van der Waals surface area contributed by atoms with Crippen molar-refractivity contribution in [3.8, 4) is 0 Å². The molecule has 4 atom stereocenters. The Morgan fingerprint density at radius 2 is 1.89 bits per heavy atom. The number of rotatable bonds is 14. The summed E-state index contributed by atoms with van der Waals surface area (Å²) in [5.41, 5.74) is 1.11. The van der Waals surface area contributed by atoms with E-state index in [9.17, 15) is 29.1 Å². The second kappa shape index (κ2) is 15.4. The van der Waals surface area contributed by atoms with Crippen LogP contribution in [0.15, 0.2) is 30.3 Å². The summed E-state index contributed by atoms with van der Waals surface area (Å²) in [4.78, 5) is 62.6. The van der Waals surface area contributed by atoms with Gasteiger partial charge in [0.25, 0.3) is 0 Å². The van der Waals surface area contributed by atoms with E-state index in [1.807, 2.05) is 30.3 Å². The van der Waals surface area contributed by atoms with Crippen LogP contribution >= 0.6 is 11.8 Å². The predicted octanol–water partition coefficient (Wildman–Crippen LogP) is 1.62. The summed E-state index contributed by atoms with van der Waals surface area (Å²) in [6.45, 7) is 5.62. The number of nitrogens with zero attached hydrogens (tertiary/aromatic N) is 1. The van der Waals surface area contributed by atoms with E-state index in [1.54, 1.807) is 13.8 Å². The summed E-state index contributed by atoms with van der Waals surface area (Å²) < 4.78 is 5.23. The van der Waals surface area contributed by atoms with Gasteiger partial charge >= 0.3 is 11.9 Å². The van der Waals surface area contributed by atoms with E-state index in [1.165, 1.54) is 11.8 Å². The Morgan fingerprint density at radius 3 is 2.51 bits per heavy atom. The van der Waals surface area contributed by atoms with E-state index < -0.39 is 35.9 Å². The van der Waals surface area contributed by atoms with Crippen LogP contribution in [-0.4, -0.2) is 82.4 Å². The molecule has 204 valence electrons. The van der Waals surface area contributed by atoms with E-state index >= 15 is 0 Å². The minimum atomic E-state index is -1.23. The van der Waals surface area contributed by atoms with Crippen molar-refractivity contribution in [2.75, 3.05) is 25.4 Å². The molecule has 1 unspecified atom stereocenters. The van der Waals surface area contributed by atoms with Gasteiger partial charge in [-0.3, -0.25) is 19.2 Å². The van der Waals surface area contributed by atoms with Gasteiger partial charge in [0.15, 0.2) is 0 Å². The van der Waals surface area contributed by atoms with Crippen molar-refractivity contribution in [1.82, 2.24) is 15.5 Å². The van der Waals surface area contributed by atoms with Crippen LogP contribution in [0.5, 0.6) is 0 Å². The molecule has 11 heteroatoms. The molecule has 0 spiro atoms. The molecule has 2 amide bonds. The van der Waals surface area contributed by atoms with Crippen molar-refractivity contribution in [2.45, 2.75) is 64.6 Å². The van der Waals surface area contributed by atoms with E-state index in [0.717, 1.165) is 17.3 Å². The first-order valence-corrected chi connectivity index (χ1v) is 13.5. The molecular weight excluding hydrogens is 498 g/mol. The first-order valence-electron chi connectivity index (χ1n) is 12.5. The number of hydrogen-bond donors (Lipinski definition) is 3. The smallest absolute Gasteiger partial charge is 0.327 e. The third kappa shape index (κ3) is 9.81. The van der Waals surface area contributed by atoms with Crippen LogP contribution < -0.4 is 10.6 Å². The summed E-state index contributed by atoms with van der Waals surface area (Å²) >= 11 is 0.807. The van der Waals surface area contributed by atoms with Gasteiger partial charge in [-0.15, -0.1) is 0 Å². The third-order valence-corrected chi connectivity index (χ3v) is 7.22. The normalized spacial score (nSPS) is 17.5. The summed E-state index contributed by atoms with van der Waals surface area (Å²) in [7, 11) is 0. The lowest BCUT2D eigenvalue weighted by Gasteiger charge is -2.28. The predicted molar refractivity (Wildman–Crippen MR) is 140 cm³/mol. The van der Waals surface area contributed by atoms with E-state index in [4.69, 9.17) is 4.74 Å². The van der Waals surface area contributed by atoms with Crippen LogP contribution in [-0.2, 0) is 35.1 Å². The first kappa shape index (κ1) is 30.3. The molecule has 0 aromatic heterocycles. The average molecular weight is 536 g/mol. The van der Waals surface area contributed by atoms with Crippen molar-refractivity contribution in [2.24, 2.45) is 5.92 Å². The molecular formula is C26H37N3O7S. The van der Waals surface area contributed by atoms with Gasteiger partial charge in [0.2, 0.25) is 16.9 Å². The quantitative estimate of drug-likeness (QED) is 0.303. The third-order valence-electron chi connectivity index (χ3n) is 6.16. The monoisotopic (exact) mass is 535 g/mol. The van der Waals surface area contributed by atoms with Crippen molar-refractivity contribution < 1.29 is 33.8 Å². The molecule has 10 nitrogen and oxygen atoms in total. The van der Waals surface area contributed by atoms with Crippen molar-refractivity contribution in [3.63, 3.8) is 0 Å². The molecule has 1 aliphatic heterocycles. The van der Waals surface area contributed by atoms with Crippen molar-refractivity contribution in [1.29, 1.82) is 0 Å². The van der Waals surface area contributed by atoms with Crippen LogP contribution in [0.3, 0.4) is 0 Å². The molecule has 1 aromatic rings. The number of carboxylic acid groups (broad SMARTS) is 1. The number of carbonyl (C=O) groups excluding carboxylic acids is 4. The number of benzene rings is 1. The van der Waals surface area contributed by atoms with Gasteiger partial charge in [0.1, 0.15) is 12.1 Å². The molecule has 37 heavy (non-hydrogen) atoms. The fourth-order valence-corrected chi connectivity index (χ4v) is 5.16. The Kier molecular flexibility index (Phi) is 12.6. The standard InChI is InChI=1S/C26H37N3O7S/c1-4-36-25(34)20(13-12-19-9-6-5-7-10-19)15-27-17(2)23(31)29-14-8-11-22(29)26(35)37-16-21(24(32)33)28-18(3)30/h5-7,9-10,17,20-22,27H,4,8,11-16H2,1-3H3,(H,28,30)(H,32,33)/t17-,20+,21?,22+/m0/s1. The minimum absolute atomic E-state index is 0.122. The van der Waals surface area contributed by atoms with Gasteiger partial charge in [-0.05, 0) is 45.1 Å². The molecule has 0 bridgehead atoms. The summed E-state index contributed by atoms with van der Waals surface area (Å²) in [6.07, 6.45) is 2.41. The fraction of sp³-hybridized carbons (Fsp3) is 0.577. The first-order chi connectivity index (χ1) is 17.6. The van der Waals surface area contributed by atoms with Crippen LogP contribution in [0.1, 0.15) is 45.6 Å². The van der Waals surface area contributed by atoms with E-state index in [-0.39, 0.29) is 35.9 Å². The number of nitrogens with one attached hydrogen (secondary N) is 2. The van der Waals surface area contributed by atoms with Gasteiger partial charge < -0.3 is 25.4 Å². The number of carbonyl (C=O) groups is 5. The van der Waals surface area contributed by atoms with Crippen LogP contribution in [0, 0.1) is 5.92 Å². The highest BCUT2D eigenvalue weighted by molar-refractivity contribution is 8.13. The Morgan fingerprint density at radius 1 is 1.19 bits per heavy atom. The van der Waals surface area contributed by atoms with Crippen LogP contribution in [0.25, 0.3) is 0 Å². The molecule has 1 fully saturated rings. The molecule has 1 aliphatic rings. The number of carboxylic acids is 1. The Bertz CT molecular complexity index is 943. The number of aliphatic carboxylic acids is 1. The highest BCUT2D eigenvalue weighted by Crippen LogP contribution is 2.24. The van der Waals surface area contributed by atoms with Crippen molar-refractivity contribution >= 4 is 40.6 Å². The lowest BCUT2D eigenvalue weighted by atomic mass is 9.99. The highest BCUT2D eigenvalue weighted by atomic mass is 32.2. The molecule has 1 heterocycles. The second-order valence-electron chi connectivity index (χ2n) is 9.01. The maximum Gasteiger partial charge on any atom is 0.327 e. The van der Waals surface area contributed by atoms with Gasteiger partial charge in [-0.1, -0.05) is 42.1 Å². The highest BCUT2D eigenvalue weighted by Gasteiger charge is 2.37. The zero-order valence-corrected chi connectivity index (χ0v) is 22.4.